The molecule has 0 spiro atoms. The highest BCUT2D eigenvalue weighted by Gasteiger charge is 2.41. The van der Waals surface area contributed by atoms with Gasteiger partial charge in [0, 0.05) is 30.5 Å². The van der Waals surface area contributed by atoms with Crippen LogP contribution in [0, 0.1) is 0 Å². The molecule has 0 unspecified atom stereocenters. The van der Waals surface area contributed by atoms with E-state index in [4.69, 9.17) is 23.8 Å². The molecule has 2 atom stereocenters. The first-order valence-electron chi connectivity index (χ1n) is 9.88. The Morgan fingerprint density at radius 3 is 2.48 bits per heavy atom. The summed E-state index contributed by atoms with van der Waals surface area (Å²) in [6.07, 6.45) is 7.26. The molecule has 0 saturated carbocycles. The van der Waals surface area contributed by atoms with Crippen LogP contribution in [0.1, 0.15) is 29.2 Å². The van der Waals surface area contributed by atoms with E-state index in [2.05, 4.69) is 35.8 Å². The van der Waals surface area contributed by atoms with Crippen LogP contribution in [0.5, 0.6) is 0 Å². The third kappa shape index (κ3) is 3.89. The third-order valence-corrected chi connectivity index (χ3v) is 5.87. The second-order valence-corrected chi connectivity index (χ2v) is 8.04. The van der Waals surface area contributed by atoms with Crippen molar-refractivity contribution in [3.63, 3.8) is 0 Å². The number of rotatable bonds is 5. The fourth-order valence-electron chi connectivity index (χ4n) is 3.92. The van der Waals surface area contributed by atoms with Crippen LogP contribution in [0.2, 0.25) is 5.02 Å². The summed E-state index contributed by atoms with van der Waals surface area (Å²) in [7, 11) is 0. The standard InChI is InChI=1S/C23H19ClN6S/c24-16-9-10-20(27-14-16)29-13-5-8-19(29)22-21(18-7-2-4-12-26-18)28-23(31)30(22)15-17-6-1-3-11-25-17/h1-14,21-22H,15H2,(H,28,31)/t21-,22+/m0/s1. The molecular formula is C23H19ClN6S. The van der Waals surface area contributed by atoms with E-state index in [1.807, 2.05) is 60.8 Å². The summed E-state index contributed by atoms with van der Waals surface area (Å²) >= 11 is 11.8. The van der Waals surface area contributed by atoms with Crippen LogP contribution in [0.3, 0.4) is 0 Å². The van der Waals surface area contributed by atoms with Gasteiger partial charge in [0.15, 0.2) is 5.11 Å². The van der Waals surface area contributed by atoms with Gasteiger partial charge in [-0.3, -0.25) is 9.97 Å². The molecule has 4 aromatic rings. The Morgan fingerprint density at radius 1 is 0.935 bits per heavy atom. The van der Waals surface area contributed by atoms with Gasteiger partial charge in [0.2, 0.25) is 0 Å². The van der Waals surface area contributed by atoms with Crippen LogP contribution in [-0.4, -0.2) is 29.5 Å². The molecule has 6 nitrogen and oxygen atoms in total. The number of nitrogens with zero attached hydrogens (tertiary/aromatic N) is 5. The van der Waals surface area contributed by atoms with Gasteiger partial charge in [-0.1, -0.05) is 23.7 Å². The normalized spacial score (nSPS) is 18.2. The maximum absolute atomic E-state index is 6.05. The zero-order chi connectivity index (χ0) is 21.2. The lowest BCUT2D eigenvalue weighted by Crippen LogP contribution is -2.30. The quantitative estimate of drug-likeness (QED) is 0.456. The summed E-state index contributed by atoms with van der Waals surface area (Å²) in [4.78, 5) is 15.8. The number of pyridine rings is 3. The first kappa shape index (κ1) is 19.7. The maximum Gasteiger partial charge on any atom is 0.170 e. The Bertz CT molecular complexity index is 1180. The van der Waals surface area contributed by atoms with Crippen LogP contribution in [0.4, 0.5) is 0 Å². The Balaban J connectivity index is 1.60. The topological polar surface area (TPSA) is 58.9 Å². The third-order valence-electron chi connectivity index (χ3n) is 5.30. The van der Waals surface area contributed by atoms with Crippen molar-refractivity contribution in [2.45, 2.75) is 18.6 Å². The lowest BCUT2D eigenvalue weighted by atomic mass is 10.0. The van der Waals surface area contributed by atoms with E-state index in [1.165, 1.54) is 0 Å². The average molecular weight is 447 g/mol. The first-order chi connectivity index (χ1) is 15.2. The molecule has 5 heterocycles. The zero-order valence-electron chi connectivity index (χ0n) is 16.5. The van der Waals surface area contributed by atoms with Crippen LogP contribution in [-0.2, 0) is 6.54 Å². The summed E-state index contributed by atoms with van der Waals surface area (Å²) in [6, 6.07) is 19.5. The van der Waals surface area contributed by atoms with Gasteiger partial charge in [-0.2, -0.15) is 0 Å². The van der Waals surface area contributed by atoms with Crippen molar-refractivity contribution in [1.82, 2.24) is 29.7 Å². The monoisotopic (exact) mass is 446 g/mol. The fraction of sp³-hybridized carbons (Fsp3) is 0.130. The Labute approximate surface area is 190 Å². The second-order valence-electron chi connectivity index (χ2n) is 7.21. The second kappa shape index (κ2) is 8.45. The molecule has 1 saturated heterocycles. The molecule has 0 aromatic carbocycles. The molecule has 31 heavy (non-hydrogen) atoms. The molecule has 1 N–H and O–H groups in total. The molecule has 0 bridgehead atoms. The van der Waals surface area contributed by atoms with Gasteiger partial charge in [0.25, 0.3) is 0 Å². The van der Waals surface area contributed by atoms with Gasteiger partial charge in [-0.05, 0) is 60.7 Å². The fourth-order valence-corrected chi connectivity index (χ4v) is 4.33. The van der Waals surface area contributed by atoms with Gasteiger partial charge in [0.05, 0.1) is 35.0 Å². The molecule has 8 heteroatoms. The molecule has 0 amide bonds. The first-order valence-corrected chi connectivity index (χ1v) is 10.7. The number of thiocarbonyl (C=S) groups is 1. The molecule has 0 radical (unpaired) electrons. The van der Waals surface area contributed by atoms with Crippen molar-refractivity contribution < 1.29 is 0 Å². The summed E-state index contributed by atoms with van der Waals surface area (Å²) in [5, 5.41) is 4.75. The highest BCUT2D eigenvalue weighted by Crippen LogP contribution is 2.40. The average Bonchev–Trinajstić information content (AvgIpc) is 3.40. The lowest BCUT2D eigenvalue weighted by Gasteiger charge is -2.28. The van der Waals surface area contributed by atoms with Crippen molar-refractivity contribution >= 4 is 28.9 Å². The zero-order valence-corrected chi connectivity index (χ0v) is 18.0. The van der Waals surface area contributed by atoms with Gasteiger partial charge in [-0.25, -0.2) is 4.98 Å². The predicted octanol–water partition coefficient (Wildman–Crippen LogP) is 4.49. The molecular weight excluding hydrogens is 428 g/mol. The minimum atomic E-state index is -0.113. The van der Waals surface area contributed by atoms with Gasteiger partial charge < -0.3 is 14.8 Å². The maximum atomic E-state index is 6.05. The van der Waals surface area contributed by atoms with E-state index in [0.717, 1.165) is 22.9 Å². The van der Waals surface area contributed by atoms with E-state index >= 15 is 0 Å². The summed E-state index contributed by atoms with van der Waals surface area (Å²) < 4.78 is 2.07. The van der Waals surface area contributed by atoms with Crippen LogP contribution >= 0.6 is 23.8 Å². The molecule has 5 rings (SSSR count). The smallest absolute Gasteiger partial charge is 0.170 e. The molecule has 1 fully saturated rings. The van der Waals surface area contributed by atoms with E-state index in [1.54, 1.807) is 18.6 Å². The van der Waals surface area contributed by atoms with Crippen molar-refractivity contribution in [3.05, 3.63) is 108 Å². The van der Waals surface area contributed by atoms with Crippen molar-refractivity contribution in [2.24, 2.45) is 0 Å². The lowest BCUT2D eigenvalue weighted by molar-refractivity contribution is 0.299. The van der Waals surface area contributed by atoms with Gasteiger partial charge in [0.1, 0.15) is 5.82 Å². The van der Waals surface area contributed by atoms with E-state index in [-0.39, 0.29) is 12.1 Å². The highest BCUT2D eigenvalue weighted by molar-refractivity contribution is 7.80. The Morgan fingerprint density at radius 2 is 1.77 bits per heavy atom. The largest absolute Gasteiger partial charge is 0.352 e. The number of nitrogens with one attached hydrogen (secondary N) is 1. The summed E-state index contributed by atoms with van der Waals surface area (Å²) in [5.41, 5.74) is 2.92. The number of hydrogen-bond donors (Lipinski definition) is 1. The van der Waals surface area contributed by atoms with Crippen LogP contribution < -0.4 is 5.32 Å². The van der Waals surface area contributed by atoms with E-state index in [0.29, 0.717) is 16.7 Å². The van der Waals surface area contributed by atoms with Crippen molar-refractivity contribution in [3.8, 4) is 5.82 Å². The van der Waals surface area contributed by atoms with E-state index < -0.39 is 0 Å². The summed E-state index contributed by atoms with van der Waals surface area (Å²) in [5.74, 6) is 0.791. The number of aromatic nitrogens is 4. The SMILES string of the molecule is S=C1N[C@@H](c2ccccn2)[C@@H](c2cccn2-c2ccc(Cl)cn2)N1Cc1ccccn1. The Kier molecular flexibility index (Phi) is 5.36. The molecule has 4 aromatic heterocycles. The number of hydrogen-bond acceptors (Lipinski definition) is 4. The highest BCUT2D eigenvalue weighted by atomic mass is 35.5. The van der Waals surface area contributed by atoms with Crippen molar-refractivity contribution in [1.29, 1.82) is 0 Å². The van der Waals surface area contributed by atoms with E-state index in [9.17, 15) is 0 Å². The summed E-state index contributed by atoms with van der Waals surface area (Å²) in [6.45, 7) is 0.583. The van der Waals surface area contributed by atoms with Crippen LogP contribution in [0.25, 0.3) is 5.82 Å². The van der Waals surface area contributed by atoms with Gasteiger partial charge >= 0.3 is 0 Å². The minimum absolute atomic E-state index is 0.100. The van der Waals surface area contributed by atoms with Crippen LogP contribution in [0.15, 0.2) is 85.5 Å². The minimum Gasteiger partial charge on any atom is -0.352 e. The Hall–Kier alpha value is -3.29. The number of halogens is 1. The predicted molar refractivity (Wildman–Crippen MR) is 124 cm³/mol. The molecule has 1 aliphatic heterocycles. The molecule has 0 aliphatic carbocycles. The van der Waals surface area contributed by atoms with Crippen molar-refractivity contribution in [2.75, 3.05) is 0 Å². The van der Waals surface area contributed by atoms with Gasteiger partial charge in [-0.15, -0.1) is 0 Å². The molecule has 1 aliphatic rings. The molecule has 154 valence electrons.